The smallest absolute Gasteiger partial charge is 0.00472 e. The van der Waals surface area contributed by atoms with Crippen LogP contribution in [0.4, 0.5) is 0 Å². The average Bonchev–Trinajstić information content (AvgIpc) is 2.86. The minimum Gasteiger partial charge on any atom is -0.306 e. The fraction of sp³-hybridized carbons (Fsp3) is 1.00. The highest BCUT2D eigenvalue weighted by molar-refractivity contribution is 4.88. The molecular weight excluding hydrogens is 436 g/mol. The van der Waals surface area contributed by atoms with Crippen LogP contribution in [-0.4, -0.2) is 50.1 Å². The Bertz CT molecular complexity index is 408. The molecule has 0 aliphatic heterocycles. The summed E-state index contributed by atoms with van der Waals surface area (Å²) in [5.74, 6) is 0. The van der Waals surface area contributed by atoms with Gasteiger partial charge in [-0.05, 0) is 58.3 Å². The Morgan fingerprint density at radius 1 is 0.417 bits per heavy atom. The lowest BCUT2D eigenvalue weighted by molar-refractivity contribution is 0.0760. The van der Waals surface area contributed by atoms with Crippen molar-refractivity contribution in [2.45, 2.75) is 174 Å². The molecule has 36 heavy (non-hydrogen) atoms. The van der Waals surface area contributed by atoms with Crippen LogP contribution < -0.4 is 0 Å². The molecule has 216 valence electrons. The molecule has 0 aromatic carbocycles. The van der Waals surface area contributed by atoms with Gasteiger partial charge in [0.25, 0.3) is 0 Å². The predicted octanol–water partition coefficient (Wildman–Crippen LogP) is 10.6. The molecule has 1 fully saturated rings. The molecule has 0 unspecified atom stereocenters. The Morgan fingerprint density at radius 2 is 0.722 bits per heavy atom. The molecule has 0 spiro atoms. The van der Waals surface area contributed by atoms with Gasteiger partial charge in [0.2, 0.25) is 0 Å². The van der Waals surface area contributed by atoms with Gasteiger partial charge in [0.05, 0.1) is 0 Å². The molecule has 0 bridgehead atoms. The second-order valence-corrected chi connectivity index (χ2v) is 12.9. The zero-order valence-corrected chi connectivity index (χ0v) is 25.9. The molecule has 0 saturated heterocycles. The van der Waals surface area contributed by atoms with Crippen molar-refractivity contribution in [3.05, 3.63) is 0 Å². The Hall–Kier alpha value is -0.0800. The summed E-state index contributed by atoms with van der Waals surface area (Å²) in [7, 11) is 4.82. The summed E-state index contributed by atoms with van der Waals surface area (Å²) in [6.07, 6.45) is 36.1. The van der Waals surface area contributed by atoms with Gasteiger partial charge in [-0.3, -0.25) is 0 Å². The van der Waals surface area contributed by atoms with E-state index in [0.717, 1.165) is 0 Å². The first-order valence-electron chi connectivity index (χ1n) is 17.0. The summed E-state index contributed by atoms with van der Waals surface area (Å²) in [6.45, 7) is 9.88. The third-order valence-corrected chi connectivity index (χ3v) is 8.91. The lowest BCUT2D eigenvalue weighted by Crippen LogP contribution is -2.45. The minimum absolute atomic E-state index is 0.554. The Morgan fingerprint density at radius 3 is 1.06 bits per heavy atom. The van der Waals surface area contributed by atoms with E-state index in [2.05, 4.69) is 37.7 Å². The Labute approximate surface area is 229 Å². The topological polar surface area (TPSA) is 6.48 Å². The lowest BCUT2D eigenvalue weighted by Gasteiger charge is -2.43. The summed E-state index contributed by atoms with van der Waals surface area (Å²) in [6, 6.07) is 0. The van der Waals surface area contributed by atoms with Crippen molar-refractivity contribution in [1.29, 1.82) is 0 Å². The van der Waals surface area contributed by atoms with E-state index in [4.69, 9.17) is 0 Å². The van der Waals surface area contributed by atoms with Crippen LogP contribution in [0.5, 0.6) is 0 Å². The molecule has 2 nitrogen and oxygen atoms in total. The molecule has 1 aliphatic carbocycles. The maximum Gasteiger partial charge on any atom is 0.00472 e. The first kappa shape index (κ1) is 33.9. The van der Waals surface area contributed by atoms with Crippen molar-refractivity contribution >= 4 is 0 Å². The van der Waals surface area contributed by atoms with Crippen LogP contribution in [-0.2, 0) is 0 Å². The standard InChI is InChI=1S/C34H70N2/c1-5-7-9-11-13-15-17-19-21-26-30-35(3)32-34(28-24-23-25-29-34)33-36(4)31-27-22-20-18-16-14-12-10-8-6-2/h5-33H2,1-4H3. The van der Waals surface area contributed by atoms with Gasteiger partial charge in [0, 0.05) is 13.1 Å². The molecule has 0 aromatic rings. The van der Waals surface area contributed by atoms with Crippen LogP contribution >= 0.6 is 0 Å². The molecule has 0 radical (unpaired) electrons. The van der Waals surface area contributed by atoms with Gasteiger partial charge in [-0.25, -0.2) is 0 Å². The third kappa shape index (κ3) is 19.1. The van der Waals surface area contributed by atoms with E-state index in [0.29, 0.717) is 5.41 Å². The van der Waals surface area contributed by atoms with Crippen LogP contribution in [0.15, 0.2) is 0 Å². The summed E-state index contributed by atoms with van der Waals surface area (Å²) in [4.78, 5) is 5.40. The largest absolute Gasteiger partial charge is 0.306 e. The second-order valence-electron chi connectivity index (χ2n) is 12.9. The number of nitrogens with zero attached hydrogens (tertiary/aromatic N) is 2. The quantitative estimate of drug-likeness (QED) is 0.108. The van der Waals surface area contributed by atoms with Crippen molar-refractivity contribution in [3.63, 3.8) is 0 Å². The average molecular weight is 507 g/mol. The van der Waals surface area contributed by atoms with Gasteiger partial charge in [-0.15, -0.1) is 0 Å². The van der Waals surface area contributed by atoms with E-state index in [1.165, 1.54) is 187 Å². The Balaban J connectivity index is 2.14. The molecule has 1 rings (SSSR count). The van der Waals surface area contributed by atoms with Gasteiger partial charge >= 0.3 is 0 Å². The maximum absolute atomic E-state index is 2.70. The summed E-state index contributed by atoms with van der Waals surface area (Å²) in [5, 5.41) is 0. The van der Waals surface area contributed by atoms with Crippen molar-refractivity contribution in [2.75, 3.05) is 40.3 Å². The van der Waals surface area contributed by atoms with Crippen LogP contribution in [0.3, 0.4) is 0 Å². The van der Waals surface area contributed by atoms with Crippen molar-refractivity contribution in [1.82, 2.24) is 9.80 Å². The minimum atomic E-state index is 0.554. The fourth-order valence-corrected chi connectivity index (χ4v) is 6.71. The first-order chi connectivity index (χ1) is 17.6. The molecule has 0 heterocycles. The van der Waals surface area contributed by atoms with Gasteiger partial charge in [-0.1, -0.05) is 149 Å². The first-order valence-corrected chi connectivity index (χ1v) is 17.0. The molecule has 1 aliphatic rings. The van der Waals surface area contributed by atoms with E-state index in [1.54, 1.807) is 0 Å². The van der Waals surface area contributed by atoms with Crippen LogP contribution in [0, 0.1) is 5.41 Å². The summed E-state index contributed by atoms with van der Waals surface area (Å²) >= 11 is 0. The molecule has 0 atom stereocenters. The highest BCUT2D eigenvalue weighted by atomic mass is 15.1. The Kier molecular flexibility index (Phi) is 22.6. The molecule has 0 aromatic heterocycles. The maximum atomic E-state index is 2.70. The van der Waals surface area contributed by atoms with Crippen LogP contribution in [0.2, 0.25) is 0 Å². The zero-order chi connectivity index (χ0) is 26.2. The zero-order valence-electron chi connectivity index (χ0n) is 25.9. The summed E-state index contributed by atoms with van der Waals surface area (Å²) < 4.78 is 0. The van der Waals surface area contributed by atoms with Gasteiger partial charge in [-0.2, -0.15) is 0 Å². The monoisotopic (exact) mass is 507 g/mol. The normalized spacial score (nSPS) is 15.8. The number of hydrogen-bond acceptors (Lipinski definition) is 2. The second kappa shape index (κ2) is 24.0. The SMILES string of the molecule is CCCCCCCCCCCCN(C)CC1(CN(C)CCCCCCCCCCCC)CCCCC1. The predicted molar refractivity (Wildman–Crippen MR) is 164 cm³/mol. The van der Waals surface area contributed by atoms with Gasteiger partial charge in [0.1, 0.15) is 0 Å². The molecule has 0 N–H and O–H groups in total. The molecular formula is C34H70N2. The lowest BCUT2D eigenvalue weighted by atomic mass is 9.73. The summed E-state index contributed by atoms with van der Waals surface area (Å²) in [5.41, 5.74) is 0.554. The molecule has 1 saturated carbocycles. The fourth-order valence-electron chi connectivity index (χ4n) is 6.71. The van der Waals surface area contributed by atoms with Crippen molar-refractivity contribution in [3.8, 4) is 0 Å². The van der Waals surface area contributed by atoms with Gasteiger partial charge < -0.3 is 9.80 Å². The highest BCUT2D eigenvalue weighted by Crippen LogP contribution is 2.37. The van der Waals surface area contributed by atoms with Crippen LogP contribution in [0.1, 0.15) is 174 Å². The third-order valence-electron chi connectivity index (χ3n) is 8.91. The van der Waals surface area contributed by atoms with E-state index in [9.17, 15) is 0 Å². The van der Waals surface area contributed by atoms with E-state index in [1.807, 2.05) is 0 Å². The number of rotatable bonds is 26. The number of unbranched alkanes of at least 4 members (excludes halogenated alkanes) is 18. The molecule has 2 heteroatoms. The molecule has 0 amide bonds. The highest BCUT2D eigenvalue weighted by Gasteiger charge is 2.34. The number of hydrogen-bond donors (Lipinski definition) is 0. The van der Waals surface area contributed by atoms with Crippen molar-refractivity contribution < 1.29 is 0 Å². The van der Waals surface area contributed by atoms with Gasteiger partial charge in [0.15, 0.2) is 0 Å². The van der Waals surface area contributed by atoms with E-state index in [-0.39, 0.29) is 0 Å². The van der Waals surface area contributed by atoms with Crippen molar-refractivity contribution in [2.24, 2.45) is 5.41 Å². The van der Waals surface area contributed by atoms with E-state index >= 15 is 0 Å². The van der Waals surface area contributed by atoms with Crippen LogP contribution in [0.25, 0.3) is 0 Å². The van der Waals surface area contributed by atoms with E-state index < -0.39 is 0 Å².